The van der Waals surface area contributed by atoms with E-state index in [-0.39, 0.29) is 132 Å². The van der Waals surface area contributed by atoms with Crippen molar-refractivity contribution in [2.45, 2.75) is 116 Å². The first-order valence-corrected chi connectivity index (χ1v) is 32.9. The standard InChI is InChI=1S/C20H20N.2C17H14N.C15H10N.4C5H8O2.4Ir/c1-14-5-7-15(8-6-14)19-18-10-9-17(20(2,3)4)13-16(18)11-12-21-19;1-12-9-13(2)11-15(10-12)17-8-7-14-5-3-4-6-16(14)18-17;1-2-13-7-9-15(10-8-13)17-16-6-4-3-5-14(16)11-12-18-17;1-2-6-12(7-3-1)15-11-10-13-8-4-5-9-14(13)16-15;4*1-4(6)3-5(2)7;;;;/h5-7,9-13H,1-4H3;3-10H,1-2H3;3-9,11-12H,2H2,1H3;1-6,8-11H;4*3,6H,1-2H3;;;;/q4*-1;;;;;;;;. The van der Waals surface area contributed by atoms with Crippen LogP contribution in [0.5, 0.6) is 0 Å². The van der Waals surface area contributed by atoms with Crippen molar-refractivity contribution in [3.63, 3.8) is 0 Å². The Balaban J connectivity index is 0.000000620. The molecule has 12 rings (SSSR count). The van der Waals surface area contributed by atoms with Crippen LogP contribution in [0.15, 0.2) is 260 Å². The molecule has 16 heteroatoms. The predicted octanol–water partition coefficient (Wildman–Crippen LogP) is 21.7. The van der Waals surface area contributed by atoms with Crippen molar-refractivity contribution < 1.29 is 120 Å². The summed E-state index contributed by atoms with van der Waals surface area (Å²) in [6.45, 7) is 26.5. The second-order valence-corrected chi connectivity index (χ2v) is 24.9. The molecule has 105 heavy (non-hydrogen) atoms. The van der Waals surface area contributed by atoms with E-state index in [2.05, 4.69) is 203 Å². The number of aryl methyl sites for hydroxylation is 4. The van der Waals surface area contributed by atoms with E-state index in [0.717, 1.165) is 68.0 Å². The van der Waals surface area contributed by atoms with E-state index in [1.165, 1.54) is 134 Å². The molecule has 0 aliphatic carbocycles. The second kappa shape index (κ2) is 48.0. The minimum atomic E-state index is -0.125. The Morgan fingerprint density at radius 3 is 1.26 bits per heavy atom. The molecule has 0 unspecified atom stereocenters. The maximum Gasteiger partial charge on any atom is 0.155 e. The molecule has 0 aliphatic heterocycles. The molecule has 0 spiro atoms. The average molecular weight is 2110 g/mol. The van der Waals surface area contributed by atoms with Gasteiger partial charge in [-0.25, -0.2) is 0 Å². The predicted molar refractivity (Wildman–Crippen MR) is 415 cm³/mol. The molecule has 0 atom stereocenters. The minimum Gasteiger partial charge on any atom is -0.512 e. The number of hydrogen-bond donors (Lipinski definition) is 4. The number of para-hydroxylation sites is 2. The number of hydrogen-bond acceptors (Lipinski definition) is 12. The molecule has 12 nitrogen and oxygen atoms in total. The summed E-state index contributed by atoms with van der Waals surface area (Å²) in [4.78, 5) is 58.5. The Bertz CT molecular complexity index is 4720. The van der Waals surface area contributed by atoms with Gasteiger partial charge in [0.05, 0.1) is 34.1 Å². The summed E-state index contributed by atoms with van der Waals surface area (Å²) in [5, 5.41) is 40.6. The Morgan fingerprint density at radius 2 is 0.848 bits per heavy atom. The molecule has 4 radical (unpaired) electrons. The van der Waals surface area contributed by atoms with E-state index >= 15 is 0 Å². The summed E-state index contributed by atoms with van der Waals surface area (Å²) < 4.78 is 0. The van der Waals surface area contributed by atoms with Crippen molar-refractivity contribution in [1.82, 2.24) is 19.9 Å². The van der Waals surface area contributed by atoms with Crippen molar-refractivity contribution in [3.8, 4) is 45.0 Å². The molecule has 12 aromatic rings. The summed E-state index contributed by atoms with van der Waals surface area (Å²) in [5.74, 6) is -0.250. The number of allylic oxidation sites excluding steroid dienone is 8. The average Bonchev–Trinajstić information content (AvgIpc) is 0.791. The van der Waals surface area contributed by atoms with Crippen LogP contribution in [-0.4, -0.2) is 63.5 Å². The number of fused-ring (bicyclic) bond motifs is 4. The van der Waals surface area contributed by atoms with Crippen molar-refractivity contribution in [2.24, 2.45) is 0 Å². The summed E-state index contributed by atoms with van der Waals surface area (Å²) >= 11 is 0. The topological polar surface area (TPSA) is 201 Å². The molecule has 4 N–H and O–H groups in total. The molecule has 4 heterocycles. The van der Waals surface area contributed by atoms with Gasteiger partial charge in [-0.2, -0.15) is 0 Å². The molecule has 4 aromatic heterocycles. The number of nitrogens with zero attached hydrogens (tertiary/aromatic N) is 4. The van der Waals surface area contributed by atoms with Crippen LogP contribution in [0, 0.1) is 45.0 Å². The first-order chi connectivity index (χ1) is 48.0. The fourth-order valence-electron chi connectivity index (χ4n) is 9.86. The van der Waals surface area contributed by atoms with E-state index < -0.39 is 0 Å². The molecule has 554 valence electrons. The number of ketones is 4. The largest absolute Gasteiger partial charge is 0.512 e. The third-order valence-electron chi connectivity index (χ3n) is 14.3. The SMILES string of the molecule is CC(=O)C=C(C)O.CC(=O)C=C(C)O.CC(=O)C=C(C)O.CC(=O)C=C(C)O.CCc1c[c-]c(-c2nccc3ccccc23)cc1.Cc1[c-]c(-c2ccc3ccccc3n2)cc(C)c1.Cc1c[c-]c(-c2nccc3cc(C(C)(C)C)ccc23)cc1.[Ir].[Ir].[Ir].[Ir].[c-]1ccccc1-c1ccc2ccccc2n1. The number of carbonyl (C=O) groups is 4. The normalized spacial score (nSPS) is 10.7. The van der Waals surface area contributed by atoms with Gasteiger partial charge in [-0.05, 0) is 146 Å². The van der Waals surface area contributed by atoms with E-state index in [1.54, 1.807) is 0 Å². The van der Waals surface area contributed by atoms with Crippen molar-refractivity contribution in [3.05, 3.63) is 312 Å². The van der Waals surface area contributed by atoms with Gasteiger partial charge in [0.2, 0.25) is 0 Å². The maximum absolute atomic E-state index is 10.0. The van der Waals surface area contributed by atoms with Crippen LogP contribution in [0.4, 0.5) is 0 Å². The monoisotopic (exact) mass is 2110 g/mol. The van der Waals surface area contributed by atoms with Crippen LogP contribution in [0.25, 0.3) is 88.4 Å². The Labute approximate surface area is 673 Å². The van der Waals surface area contributed by atoms with Gasteiger partial charge >= 0.3 is 0 Å². The molecule has 0 saturated heterocycles. The van der Waals surface area contributed by atoms with Gasteiger partial charge < -0.3 is 30.4 Å². The number of rotatable bonds is 9. The number of aliphatic hydroxyl groups excluding tert-OH is 4. The molecule has 8 aromatic carbocycles. The summed E-state index contributed by atoms with van der Waals surface area (Å²) in [5.41, 5.74) is 16.7. The van der Waals surface area contributed by atoms with Gasteiger partial charge in [0.25, 0.3) is 0 Å². The molecule has 0 fully saturated rings. The quantitative estimate of drug-likeness (QED) is 0.0606. The van der Waals surface area contributed by atoms with Gasteiger partial charge in [0.1, 0.15) is 0 Å². The number of aromatic nitrogens is 4. The van der Waals surface area contributed by atoms with Gasteiger partial charge in [0.15, 0.2) is 23.1 Å². The Hall–Kier alpha value is -9.16. The molecule has 0 saturated carbocycles. The zero-order valence-corrected chi connectivity index (χ0v) is 71.3. The number of pyridine rings is 4. The third-order valence-corrected chi connectivity index (χ3v) is 14.3. The van der Waals surface area contributed by atoms with Crippen molar-refractivity contribution in [2.75, 3.05) is 0 Å². The van der Waals surface area contributed by atoms with Gasteiger partial charge in [-0.1, -0.05) is 158 Å². The van der Waals surface area contributed by atoms with Crippen LogP contribution in [0.1, 0.15) is 111 Å². The van der Waals surface area contributed by atoms with Gasteiger partial charge in [-0.3, -0.25) is 29.1 Å². The van der Waals surface area contributed by atoms with Crippen LogP contribution in [-0.2, 0) is 111 Å². The molecule has 0 bridgehead atoms. The molecule has 0 aliphatic rings. The van der Waals surface area contributed by atoms with Gasteiger partial charge in [0, 0.05) is 117 Å². The first-order valence-electron chi connectivity index (χ1n) is 32.9. The second-order valence-electron chi connectivity index (χ2n) is 24.9. The fourth-order valence-corrected chi connectivity index (χ4v) is 9.86. The van der Waals surface area contributed by atoms with E-state index in [4.69, 9.17) is 25.4 Å². The first kappa shape index (κ1) is 93.8. The van der Waals surface area contributed by atoms with E-state index in [9.17, 15) is 19.2 Å². The zero-order chi connectivity index (χ0) is 74.2. The van der Waals surface area contributed by atoms with Crippen LogP contribution < -0.4 is 0 Å². The summed E-state index contributed by atoms with van der Waals surface area (Å²) in [6.07, 6.45) is 9.46. The number of carbonyl (C=O) groups excluding carboxylic acids is 4. The number of aliphatic hydroxyl groups is 4. The maximum atomic E-state index is 10.0. The van der Waals surface area contributed by atoms with Crippen LogP contribution >= 0.6 is 0 Å². The van der Waals surface area contributed by atoms with Gasteiger partial charge in [-0.15, -0.1) is 142 Å². The Morgan fingerprint density at radius 1 is 0.410 bits per heavy atom. The van der Waals surface area contributed by atoms with Crippen molar-refractivity contribution >= 4 is 66.5 Å². The molecular weight excluding hydrogens is 2020 g/mol. The van der Waals surface area contributed by atoms with E-state index in [0.29, 0.717) is 0 Å². The number of benzene rings is 8. The summed E-state index contributed by atoms with van der Waals surface area (Å²) in [6, 6.07) is 81.6. The van der Waals surface area contributed by atoms with Crippen LogP contribution in [0.3, 0.4) is 0 Å². The summed E-state index contributed by atoms with van der Waals surface area (Å²) in [7, 11) is 0. The van der Waals surface area contributed by atoms with Crippen molar-refractivity contribution in [1.29, 1.82) is 0 Å². The molecular formula is C89H90Ir4N4O8-4. The van der Waals surface area contributed by atoms with Crippen LogP contribution in [0.2, 0.25) is 0 Å². The molecule has 0 amide bonds. The minimum absolute atomic E-state index is 0. The smallest absolute Gasteiger partial charge is 0.155 e. The fraction of sp³-hybridized carbons (Fsp3) is 0.191. The Kier molecular flexibility index (Phi) is 42.9. The third kappa shape index (κ3) is 34.1. The zero-order valence-electron chi connectivity index (χ0n) is 61.8. The van der Waals surface area contributed by atoms with E-state index in [1.807, 2.05) is 97.3 Å².